The molecular weight excluding hydrogens is 334 g/mol. The Kier molecular flexibility index (Phi) is 5.68. The molecule has 3 rings (SSSR count). The Bertz CT molecular complexity index is 581. The minimum absolute atomic E-state index is 0.0109. The van der Waals surface area contributed by atoms with Crippen LogP contribution >= 0.6 is 0 Å². The highest BCUT2D eigenvalue weighted by Gasteiger charge is 2.69. The molecule has 26 heavy (non-hydrogen) atoms. The van der Waals surface area contributed by atoms with E-state index in [2.05, 4.69) is 20.4 Å². The van der Waals surface area contributed by atoms with E-state index in [1.54, 1.807) is 0 Å². The maximum Gasteiger partial charge on any atom is 0.330 e. The molecule has 6 heteroatoms. The first kappa shape index (κ1) is 18.9. The Morgan fingerprint density at radius 3 is 2.46 bits per heavy atom. The van der Waals surface area contributed by atoms with Gasteiger partial charge in [-0.3, -0.25) is 9.59 Å². The monoisotopic (exact) mass is 363 g/mol. The summed E-state index contributed by atoms with van der Waals surface area (Å²) in [6, 6.07) is 0. The molecule has 0 aromatic carbocycles. The standard InChI is InChI=1S/C20H29NO5/c1-4-7-9-21(10-8-5-2)19(23)15-12-11-13-16(15)20(24)26-18(13)17(12)25-14(22)6-3/h6,12-13,15-18H,3-5,7-11H2,1-2H3. The van der Waals surface area contributed by atoms with Crippen molar-refractivity contribution >= 4 is 17.8 Å². The zero-order chi connectivity index (χ0) is 18.8. The summed E-state index contributed by atoms with van der Waals surface area (Å²) >= 11 is 0. The third-order valence-corrected chi connectivity index (χ3v) is 6.12. The molecule has 6 nitrogen and oxygen atoms in total. The largest absolute Gasteiger partial charge is 0.458 e. The molecule has 0 spiro atoms. The van der Waals surface area contributed by atoms with Crippen LogP contribution in [-0.4, -0.2) is 48.0 Å². The fourth-order valence-corrected chi connectivity index (χ4v) is 4.91. The van der Waals surface area contributed by atoms with Crippen LogP contribution in [0, 0.1) is 23.7 Å². The maximum absolute atomic E-state index is 13.3. The van der Waals surface area contributed by atoms with E-state index in [-0.39, 0.29) is 29.6 Å². The molecule has 0 aromatic heterocycles. The second-order valence-electron chi connectivity index (χ2n) is 7.65. The lowest BCUT2D eigenvalue weighted by atomic mass is 9.77. The first-order valence-corrected chi connectivity index (χ1v) is 9.85. The number of esters is 2. The molecular formula is C20H29NO5. The van der Waals surface area contributed by atoms with Crippen LogP contribution in [0.4, 0.5) is 0 Å². The second kappa shape index (κ2) is 7.80. The minimum Gasteiger partial charge on any atom is -0.458 e. The smallest absolute Gasteiger partial charge is 0.330 e. The molecule has 2 saturated carbocycles. The number of carbonyl (C=O) groups excluding carboxylic acids is 3. The van der Waals surface area contributed by atoms with Gasteiger partial charge in [-0.2, -0.15) is 0 Å². The Morgan fingerprint density at radius 1 is 1.23 bits per heavy atom. The van der Waals surface area contributed by atoms with Gasteiger partial charge in [-0.05, 0) is 19.3 Å². The molecule has 0 aromatic rings. The molecule has 1 saturated heterocycles. The molecule has 0 N–H and O–H groups in total. The summed E-state index contributed by atoms with van der Waals surface area (Å²) in [7, 11) is 0. The van der Waals surface area contributed by atoms with E-state index in [0.717, 1.165) is 31.8 Å². The summed E-state index contributed by atoms with van der Waals surface area (Å²) in [5, 5.41) is 0. The average Bonchev–Trinajstić information content (AvgIpc) is 3.24. The highest BCUT2D eigenvalue weighted by atomic mass is 16.6. The number of amides is 1. The number of rotatable bonds is 9. The van der Waals surface area contributed by atoms with E-state index in [4.69, 9.17) is 9.47 Å². The first-order valence-electron chi connectivity index (χ1n) is 9.85. The fourth-order valence-electron chi connectivity index (χ4n) is 4.91. The lowest BCUT2D eigenvalue weighted by Gasteiger charge is -2.34. The van der Waals surface area contributed by atoms with Crippen molar-refractivity contribution in [3.63, 3.8) is 0 Å². The van der Waals surface area contributed by atoms with Crippen LogP contribution in [0.25, 0.3) is 0 Å². The van der Waals surface area contributed by atoms with E-state index in [9.17, 15) is 14.4 Å². The zero-order valence-electron chi connectivity index (χ0n) is 15.7. The molecule has 3 aliphatic rings. The van der Waals surface area contributed by atoms with Crippen LogP contribution in [0.5, 0.6) is 0 Å². The highest BCUT2D eigenvalue weighted by Crippen LogP contribution is 2.59. The Hall–Kier alpha value is -1.85. The van der Waals surface area contributed by atoms with E-state index < -0.39 is 24.1 Å². The predicted molar refractivity (Wildman–Crippen MR) is 94.9 cm³/mol. The summed E-state index contributed by atoms with van der Waals surface area (Å²) in [5.74, 6) is -1.75. The van der Waals surface area contributed by atoms with Crippen molar-refractivity contribution in [3.8, 4) is 0 Å². The Balaban J connectivity index is 1.81. The average molecular weight is 363 g/mol. The molecule has 1 amide bonds. The van der Waals surface area contributed by atoms with E-state index in [1.165, 1.54) is 0 Å². The van der Waals surface area contributed by atoms with Gasteiger partial charge in [0.05, 0.1) is 11.8 Å². The predicted octanol–water partition coefficient (Wildman–Crippen LogP) is 2.32. The summed E-state index contributed by atoms with van der Waals surface area (Å²) in [4.78, 5) is 39.4. The van der Waals surface area contributed by atoms with Crippen molar-refractivity contribution in [1.29, 1.82) is 0 Å². The van der Waals surface area contributed by atoms with Crippen molar-refractivity contribution in [2.45, 2.75) is 58.2 Å². The molecule has 1 aliphatic heterocycles. The van der Waals surface area contributed by atoms with Gasteiger partial charge in [-0.15, -0.1) is 0 Å². The van der Waals surface area contributed by atoms with Crippen molar-refractivity contribution < 1.29 is 23.9 Å². The SMILES string of the molecule is C=CC(=O)OC1C2CC3C1OC(=O)C3C2C(=O)N(CCCC)CCCC. The highest BCUT2D eigenvalue weighted by molar-refractivity contribution is 5.89. The number of fused-ring (bicyclic) bond motifs is 1. The molecule has 2 bridgehead atoms. The van der Waals surface area contributed by atoms with E-state index >= 15 is 0 Å². The molecule has 0 radical (unpaired) electrons. The van der Waals surface area contributed by atoms with Crippen molar-refractivity contribution in [2.75, 3.05) is 13.1 Å². The molecule has 144 valence electrons. The van der Waals surface area contributed by atoms with Gasteiger partial charge in [0.25, 0.3) is 0 Å². The third kappa shape index (κ3) is 3.14. The molecule has 6 atom stereocenters. The van der Waals surface area contributed by atoms with Crippen molar-refractivity contribution in [1.82, 2.24) is 4.90 Å². The third-order valence-electron chi connectivity index (χ3n) is 6.12. The quantitative estimate of drug-likeness (QED) is 0.464. The number of hydrogen-bond acceptors (Lipinski definition) is 5. The topological polar surface area (TPSA) is 72.9 Å². The Morgan fingerprint density at radius 2 is 1.88 bits per heavy atom. The summed E-state index contributed by atoms with van der Waals surface area (Å²) in [6.45, 7) is 9.06. The maximum atomic E-state index is 13.3. The molecule has 2 aliphatic carbocycles. The van der Waals surface area contributed by atoms with Crippen LogP contribution in [0.3, 0.4) is 0 Å². The van der Waals surface area contributed by atoms with Gasteiger partial charge in [0.2, 0.25) is 5.91 Å². The van der Waals surface area contributed by atoms with Gasteiger partial charge >= 0.3 is 11.9 Å². The van der Waals surface area contributed by atoms with Crippen molar-refractivity contribution in [3.05, 3.63) is 12.7 Å². The lowest BCUT2D eigenvalue weighted by molar-refractivity contribution is -0.158. The van der Waals surface area contributed by atoms with Crippen molar-refractivity contribution in [2.24, 2.45) is 23.7 Å². The zero-order valence-corrected chi connectivity index (χ0v) is 15.7. The first-order chi connectivity index (χ1) is 12.5. The van der Waals surface area contributed by atoms with Gasteiger partial charge in [-0.1, -0.05) is 33.3 Å². The Labute approximate surface area is 154 Å². The summed E-state index contributed by atoms with van der Waals surface area (Å²) < 4.78 is 11.0. The van der Waals surface area contributed by atoms with E-state index in [1.807, 2.05) is 4.90 Å². The van der Waals surface area contributed by atoms with Crippen LogP contribution in [0.15, 0.2) is 12.7 Å². The summed E-state index contributed by atoms with van der Waals surface area (Å²) in [5.41, 5.74) is 0. The lowest BCUT2D eigenvalue weighted by Crippen LogP contribution is -2.48. The number of carbonyl (C=O) groups is 3. The number of ether oxygens (including phenoxy) is 2. The van der Waals surface area contributed by atoms with Gasteiger partial charge in [0.1, 0.15) is 12.2 Å². The van der Waals surface area contributed by atoms with Crippen LogP contribution in [0.1, 0.15) is 46.0 Å². The number of hydrogen-bond donors (Lipinski definition) is 0. The van der Waals surface area contributed by atoms with Gasteiger partial charge in [0, 0.05) is 31.0 Å². The van der Waals surface area contributed by atoms with Gasteiger partial charge in [0.15, 0.2) is 0 Å². The molecule has 1 heterocycles. The number of nitrogens with zero attached hydrogens (tertiary/aromatic N) is 1. The van der Waals surface area contributed by atoms with Crippen LogP contribution < -0.4 is 0 Å². The molecule has 6 unspecified atom stereocenters. The van der Waals surface area contributed by atoms with Crippen LogP contribution in [0.2, 0.25) is 0 Å². The summed E-state index contributed by atoms with van der Waals surface area (Å²) in [6.07, 6.45) is 4.82. The molecule has 3 fully saturated rings. The normalized spacial score (nSPS) is 33.8. The van der Waals surface area contributed by atoms with Crippen LogP contribution in [-0.2, 0) is 23.9 Å². The minimum atomic E-state index is -0.527. The van der Waals surface area contributed by atoms with Gasteiger partial charge in [-0.25, -0.2) is 4.79 Å². The van der Waals surface area contributed by atoms with E-state index in [0.29, 0.717) is 19.5 Å². The van der Waals surface area contributed by atoms with Gasteiger partial charge < -0.3 is 14.4 Å². The number of unbranched alkanes of at least 4 members (excludes halogenated alkanes) is 2. The fraction of sp³-hybridized carbons (Fsp3) is 0.750. The second-order valence-corrected chi connectivity index (χ2v) is 7.65.